The first-order chi connectivity index (χ1) is 9.72. The van der Waals surface area contributed by atoms with Crippen molar-refractivity contribution in [2.45, 2.75) is 11.3 Å². The summed E-state index contributed by atoms with van der Waals surface area (Å²) in [6.07, 6.45) is -0.537. The molecule has 0 fully saturated rings. The van der Waals surface area contributed by atoms with Gasteiger partial charge in [-0.2, -0.15) is 0 Å². The molecule has 0 radical (unpaired) electrons. The molecular weight excluding hydrogens is 292 g/mol. The standard InChI is InChI=1S/C15H13ClN2OS/c16-11-7-5-10(6-8-11)14(19)9-20-15-17-12-3-1-2-4-13(12)18-15/h1-8,14,19H,9H2,(H,17,18)/t14-/m0/s1. The van der Waals surface area contributed by atoms with Crippen LogP contribution in [0.4, 0.5) is 0 Å². The normalized spacial score (nSPS) is 12.7. The van der Waals surface area contributed by atoms with Gasteiger partial charge in [-0.25, -0.2) is 4.98 Å². The van der Waals surface area contributed by atoms with Crippen molar-refractivity contribution in [2.24, 2.45) is 0 Å². The number of aliphatic hydroxyl groups is 1. The molecule has 3 nitrogen and oxygen atoms in total. The number of aromatic amines is 1. The van der Waals surface area contributed by atoms with Crippen molar-refractivity contribution in [3.05, 3.63) is 59.1 Å². The highest BCUT2D eigenvalue weighted by atomic mass is 35.5. The van der Waals surface area contributed by atoms with E-state index in [1.54, 1.807) is 12.1 Å². The molecule has 2 aromatic carbocycles. The molecule has 1 heterocycles. The Kier molecular flexibility index (Phi) is 3.96. The molecule has 1 atom stereocenters. The third-order valence-corrected chi connectivity index (χ3v) is 4.20. The van der Waals surface area contributed by atoms with Crippen molar-refractivity contribution in [1.82, 2.24) is 9.97 Å². The molecule has 0 saturated heterocycles. The average Bonchev–Trinajstić information content (AvgIpc) is 2.88. The van der Waals surface area contributed by atoms with Gasteiger partial charge in [-0.1, -0.05) is 47.6 Å². The zero-order valence-corrected chi connectivity index (χ0v) is 12.2. The van der Waals surface area contributed by atoms with Crippen LogP contribution >= 0.6 is 23.4 Å². The van der Waals surface area contributed by atoms with Crippen LogP contribution in [-0.2, 0) is 0 Å². The van der Waals surface area contributed by atoms with E-state index in [-0.39, 0.29) is 0 Å². The quantitative estimate of drug-likeness (QED) is 0.715. The van der Waals surface area contributed by atoms with E-state index in [0.717, 1.165) is 21.8 Å². The van der Waals surface area contributed by atoms with Gasteiger partial charge in [0.25, 0.3) is 0 Å². The van der Waals surface area contributed by atoms with Gasteiger partial charge in [0.2, 0.25) is 0 Å². The number of para-hydroxylation sites is 2. The van der Waals surface area contributed by atoms with Crippen LogP contribution in [0.15, 0.2) is 53.7 Å². The minimum Gasteiger partial charge on any atom is -0.388 e. The van der Waals surface area contributed by atoms with E-state index < -0.39 is 6.10 Å². The molecule has 0 aliphatic heterocycles. The van der Waals surface area contributed by atoms with Gasteiger partial charge < -0.3 is 10.1 Å². The van der Waals surface area contributed by atoms with Gasteiger partial charge in [0.1, 0.15) is 0 Å². The third kappa shape index (κ3) is 2.98. The van der Waals surface area contributed by atoms with Gasteiger partial charge in [-0.15, -0.1) is 0 Å². The number of H-pyrrole nitrogens is 1. The van der Waals surface area contributed by atoms with Crippen LogP contribution in [0.1, 0.15) is 11.7 Å². The summed E-state index contributed by atoms with van der Waals surface area (Å²) in [4.78, 5) is 7.70. The fourth-order valence-electron chi connectivity index (χ4n) is 1.94. The number of nitrogens with zero attached hydrogens (tertiary/aromatic N) is 1. The summed E-state index contributed by atoms with van der Waals surface area (Å²) < 4.78 is 0. The Labute approximate surface area is 126 Å². The highest BCUT2D eigenvalue weighted by Crippen LogP contribution is 2.25. The lowest BCUT2D eigenvalue weighted by molar-refractivity contribution is 0.204. The molecular formula is C15H13ClN2OS. The fourth-order valence-corrected chi connectivity index (χ4v) is 2.92. The molecule has 102 valence electrons. The van der Waals surface area contributed by atoms with Crippen molar-refractivity contribution in [3.63, 3.8) is 0 Å². The molecule has 0 spiro atoms. The van der Waals surface area contributed by atoms with Crippen LogP contribution < -0.4 is 0 Å². The summed E-state index contributed by atoms with van der Waals surface area (Å²) in [5, 5.41) is 11.6. The highest BCUT2D eigenvalue weighted by Gasteiger charge is 2.10. The van der Waals surface area contributed by atoms with Gasteiger partial charge in [-0.3, -0.25) is 0 Å². The first kappa shape index (κ1) is 13.5. The molecule has 20 heavy (non-hydrogen) atoms. The van der Waals surface area contributed by atoms with Crippen LogP contribution in [-0.4, -0.2) is 20.8 Å². The minimum absolute atomic E-state index is 0.537. The fraction of sp³-hybridized carbons (Fsp3) is 0.133. The number of halogens is 1. The Balaban J connectivity index is 1.68. The number of thioether (sulfide) groups is 1. The van der Waals surface area contributed by atoms with Crippen LogP contribution in [0.25, 0.3) is 11.0 Å². The number of aromatic nitrogens is 2. The van der Waals surface area contributed by atoms with Crippen molar-refractivity contribution in [3.8, 4) is 0 Å². The summed E-state index contributed by atoms with van der Waals surface area (Å²) in [5.74, 6) is 0.543. The second kappa shape index (κ2) is 5.87. The second-order valence-corrected chi connectivity index (χ2v) is 5.88. The first-order valence-corrected chi connectivity index (χ1v) is 7.60. The molecule has 5 heteroatoms. The summed E-state index contributed by atoms with van der Waals surface area (Å²) in [6.45, 7) is 0. The van der Waals surface area contributed by atoms with Crippen molar-refractivity contribution < 1.29 is 5.11 Å². The lowest BCUT2D eigenvalue weighted by Crippen LogP contribution is -2.00. The molecule has 1 aromatic heterocycles. The molecule has 0 bridgehead atoms. The summed E-state index contributed by atoms with van der Waals surface area (Å²) in [6, 6.07) is 15.1. The number of fused-ring (bicyclic) bond motifs is 1. The maximum atomic E-state index is 10.1. The maximum absolute atomic E-state index is 10.1. The smallest absolute Gasteiger partial charge is 0.166 e. The molecule has 0 aliphatic rings. The van der Waals surface area contributed by atoms with E-state index >= 15 is 0 Å². The minimum atomic E-state index is -0.537. The van der Waals surface area contributed by atoms with Crippen LogP contribution in [0.5, 0.6) is 0 Å². The van der Waals surface area contributed by atoms with E-state index in [0.29, 0.717) is 10.8 Å². The largest absolute Gasteiger partial charge is 0.388 e. The Morgan fingerprint density at radius 3 is 2.65 bits per heavy atom. The van der Waals surface area contributed by atoms with E-state index in [4.69, 9.17) is 11.6 Å². The molecule has 3 rings (SSSR count). The van der Waals surface area contributed by atoms with Crippen LogP contribution in [0.2, 0.25) is 5.02 Å². The summed E-state index contributed by atoms with van der Waals surface area (Å²) in [5.41, 5.74) is 2.81. The number of hydrogen-bond acceptors (Lipinski definition) is 3. The van der Waals surface area contributed by atoms with Crippen LogP contribution in [0.3, 0.4) is 0 Å². The number of imidazole rings is 1. The number of nitrogens with one attached hydrogen (secondary N) is 1. The lowest BCUT2D eigenvalue weighted by atomic mass is 10.1. The summed E-state index contributed by atoms with van der Waals surface area (Å²) >= 11 is 7.34. The lowest BCUT2D eigenvalue weighted by Gasteiger charge is -2.09. The van der Waals surface area contributed by atoms with Crippen molar-refractivity contribution >= 4 is 34.4 Å². The van der Waals surface area contributed by atoms with Gasteiger partial charge in [0, 0.05) is 10.8 Å². The number of rotatable bonds is 4. The molecule has 3 aromatic rings. The van der Waals surface area contributed by atoms with Crippen molar-refractivity contribution in [2.75, 3.05) is 5.75 Å². The predicted molar refractivity (Wildman–Crippen MR) is 83.2 cm³/mol. The topological polar surface area (TPSA) is 48.9 Å². The van der Waals surface area contributed by atoms with Gasteiger partial charge >= 0.3 is 0 Å². The monoisotopic (exact) mass is 304 g/mol. The van der Waals surface area contributed by atoms with Crippen LogP contribution in [0, 0.1) is 0 Å². The molecule has 2 N–H and O–H groups in total. The summed E-state index contributed by atoms with van der Waals surface area (Å²) in [7, 11) is 0. The van der Waals surface area contributed by atoms with Gasteiger partial charge in [0.15, 0.2) is 5.16 Å². The molecule has 0 saturated carbocycles. The molecule has 0 aliphatic carbocycles. The second-order valence-electron chi connectivity index (χ2n) is 4.44. The first-order valence-electron chi connectivity index (χ1n) is 6.23. The molecule has 0 amide bonds. The number of hydrogen-bond donors (Lipinski definition) is 2. The SMILES string of the molecule is O[C@@H](CSc1nc2ccccc2[nH]1)c1ccc(Cl)cc1. The molecule has 0 unspecified atom stereocenters. The zero-order chi connectivity index (χ0) is 13.9. The Hall–Kier alpha value is -1.49. The Bertz CT molecular complexity index is 678. The van der Waals surface area contributed by atoms with Gasteiger partial charge in [0.05, 0.1) is 17.1 Å². The average molecular weight is 305 g/mol. The number of aliphatic hydroxyl groups excluding tert-OH is 1. The Morgan fingerprint density at radius 1 is 1.15 bits per heavy atom. The van der Waals surface area contributed by atoms with Gasteiger partial charge in [-0.05, 0) is 29.8 Å². The predicted octanol–water partition coefficient (Wildman–Crippen LogP) is 4.04. The zero-order valence-electron chi connectivity index (χ0n) is 10.6. The van der Waals surface area contributed by atoms with E-state index in [9.17, 15) is 5.11 Å². The Morgan fingerprint density at radius 2 is 1.90 bits per heavy atom. The van der Waals surface area contributed by atoms with E-state index in [1.165, 1.54) is 11.8 Å². The van der Waals surface area contributed by atoms with Crippen molar-refractivity contribution in [1.29, 1.82) is 0 Å². The highest BCUT2D eigenvalue weighted by molar-refractivity contribution is 7.99. The maximum Gasteiger partial charge on any atom is 0.166 e. The number of benzene rings is 2. The van der Waals surface area contributed by atoms with E-state index in [1.807, 2.05) is 36.4 Å². The third-order valence-electron chi connectivity index (χ3n) is 3.00. The van der Waals surface area contributed by atoms with E-state index in [2.05, 4.69) is 9.97 Å².